The van der Waals surface area contributed by atoms with Crippen molar-refractivity contribution in [2.45, 2.75) is 51.5 Å². The summed E-state index contributed by atoms with van der Waals surface area (Å²) >= 11 is 0. The molecule has 1 unspecified atom stereocenters. The van der Waals surface area contributed by atoms with E-state index < -0.39 is 0 Å². The van der Waals surface area contributed by atoms with Crippen molar-refractivity contribution in [2.24, 2.45) is 18.9 Å². The molecule has 3 aromatic heterocycles. The fraction of sp³-hybridized carbons (Fsp3) is 0.406. The predicted molar refractivity (Wildman–Crippen MR) is 151 cm³/mol. The summed E-state index contributed by atoms with van der Waals surface area (Å²) in [6.45, 7) is 5.58. The molecule has 1 aliphatic carbocycles. The van der Waals surface area contributed by atoms with Crippen LogP contribution in [0.5, 0.6) is 0 Å². The number of hydrogen-bond acceptors (Lipinski definition) is 4. The van der Waals surface area contributed by atoms with Gasteiger partial charge in [-0.2, -0.15) is 0 Å². The summed E-state index contributed by atoms with van der Waals surface area (Å²) in [6.07, 6.45) is 6.10. The molecule has 7 rings (SSSR count). The first-order chi connectivity index (χ1) is 19.0. The molecule has 6 nitrogen and oxygen atoms in total. The highest BCUT2D eigenvalue weighted by Crippen LogP contribution is 2.46. The third-order valence-electron chi connectivity index (χ3n) is 8.99. The van der Waals surface area contributed by atoms with Crippen LogP contribution in [0.25, 0.3) is 33.2 Å². The molecule has 0 radical (unpaired) electrons. The second-order valence-corrected chi connectivity index (χ2v) is 11.4. The van der Waals surface area contributed by atoms with E-state index in [0.29, 0.717) is 17.4 Å². The van der Waals surface area contributed by atoms with Gasteiger partial charge in [0, 0.05) is 37.4 Å². The first-order valence-electron chi connectivity index (χ1n) is 14.1. The normalized spacial score (nSPS) is 18.2. The summed E-state index contributed by atoms with van der Waals surface area (Å²) in [5.74, 6) is 0.983. The second-order valence-electron chi connectivity index (χ2n) is 11.4. The first kappa shape index (κ1) is 24.5. The molecule has 2 aromatic carbocycles. The van der Waals surface area contributed by atoms with Crippen LogP contribution in [0.2, 0.25) is 0 Å². The molecule has 7 heteroatoms. The van der Waals surface area contributed by atoms with Gasteiger partial charge in [0.2, 0.25) is 0 Å². The van der Waals surface area contributed by atoms with Gasteiger partial charge in [-0.05, 0) is 67.6 Å². The fourth-order valence-electron chi connectivity index (χ4n) is 6.76. The minimum atomic E-state index is -0.0992. The van der Waals surface area contributed by atoms with Gasteiger partial charge in [0.25, 0.3) is 0 Å². The van der Waals surface area contributed by atoms with Crippen LogP contribution in [0.4, 0.5) is 4.39 Å². The lowest BCUT2D eigenvalue weighted by Gasteiger charge is -2.33. The van der Waals surface area contributed by atoms with Crippen molar-refractivity contribution in [3.05, 3.63) is 77.4 Å². The van der Waals surface area contributed by atoms with Crippen LogP contribution in [0.15, 0.2) is 54.7 Å². The molecule has 2 fully saturated rings. The Balaban J connectivity index is 1.55. The lowest BCUT2D eigenvalue weighted by Crippen LogP contribution is -2.27. The van der Waals surface area contributed by atoms with Crippen molar-refractivity contribution in [1.29, 1.82) is 0 Å². The molecular formula is C32H34FN5O. The maximum absolute atomic E-state index is 16.9. The van der Waals surface area contributed by atoms with E-state index in [9.17, 15) is 0 Å². The van der Waals surface area contributed by atoms with Gasteiger partial charge in [-0.25, -0.2) is 9.07 Å². The van der Waals surface area contributed by atoms with E-state index in [0.717, 1.165) is 65.0 Å². The summed E-state index contributed by atoms with van der Waals surface area (Å²) in [5, 5.41) is 9.35. The molecule has 0 bridgehead atoms. The van der Waals surface area contributed by atoms with E-state index in [2.05, 4.69) is 58.2 Å². The third-order valence-corrected chi connectivity index (χ3v) is 8.99. The molecule has 0 amide bonds. The van der Waals surface area contributed by atoms with Crippen LogP contribution in [0, 0.1) is 24.6 Å². The van der Waals surface area contributed by atoms with E-state index >= 15 is 4.39 Å². The lowest BCUT2D eigenvalue weighted by molar-refractivity contribution is 0.0552. The highest BCUT2D eigenvalue weighted by Gasteiger charge is 2.34. The lowest BCUT2D eigenvalue weighted by atomic mass is 9.86. The molecule has 1 saturated carbocycles. The Morgan fingerprint density at radius 1 is 1.00 bits per heavy atom. The van der Waals surface area contributed by atoms with E-state index in [-0.39, 0.29) is 17.8 Å². The molecule has 0 N–H and O–H groups in total. The average Bonchev–Trinajstić information content (AvgIpc) is 3.69. The molecule has 1 aliphatic heterocycles. The zero-order valence-electron chi connectivity index (χ0n) is 22.8. The molecule has 2 aliphatic rings. The molecule has 5 aromatic rings. The number of ether oxygens (including phenoxy) is 1. The summed E-state index contributed by atoms with van der Waals surface area (Å²) in [6, 6.07) is 16.8. The zero-order chi connectivity index (χ0) is 26.7. The van der Waals surface area contributed by atoms with Gasteiger partial charge in [-0.3, -0.25) is 4.98 Å². The Morgan fingerprint density at radius 2 is 1.77 bits per heavy atom. The molecule has 200 valence electrons. The van der Waals surface area contributed by atoms with E-state index in [1.54, 1.807) is 4.68 Å². The Bertz CT molecular complexity index is 1640. The van der Waals surface area contributed by atoms with Gasteiger partial charge in [-0.1, -0.05) is 54.6 Å². The van der Waals surface area contributed by atoms with Crippen molar-refractivity contribution in [2.75, 3.05) is 13.2 Å². The Kier molecular flexibility index (Phi) is 5.99. The van der Waals surface area contributed by atoms with Gasteiger partial charge in [-0.15, -0.1) is 5.10 Å². The van der Waals surface area contributed by atoms with Crippen molar-refractivity contribution in [3.8, 4) is 11.3 Å². The Labute approximate surface area is 227 Å². The van der Waals surface area contributed by atoms with Crippen LogP contribution in [0.1, 0.15) is 61.4 Å². The van der Waals surface area contributed by atoms with Crippen LogP contribution in [0.3, 0.4) is 0 Å². The molecule has 0 spiro atoms. The molecule has 39 heavy (non-hydrogen) atoms. The smallest absolute Gasteiger partial charge is 0.151 e. The van der Waals surface area contributed by atoms with Crippen molar-refractivity contribution >= 4 is 21.9 Å². The van der Waals surface area contributed by atoms with Gasteiger partial charge in [0.1, 0.15) is 0 Å². The van der Waals surface area contributed by atoms with Crippen LogP contribution < -0.4 is 0 Å². The van der Waals surface area contributed by atoms with Gasteiger partial charge < -0.3 is 9.30 Å². The highest BCUT2D eigenvalue weighted by molar-refractivity contribution is 6.07. The quantitative estimate of drug-likeness (QED) is 0.241. The minimum absolute atomic E-state index is 0.0427. The SMILES string of the molecule is Cc1nnn(C)c1-c1cnc2c3ccc(C(C)C4CC4)c(F)c3n([C@H](c3ccccc3)C3CCOCC3)c2c1. The van der Waals surface area contributed by atoms with Crippen molar-refractivity contribution in [3.63, 3.8) is 0 Å². The largest absolute Gasteiger partial charge is 0.381 e. The molecular weight excluding hydrogens is 489 g/mol. The number of aromatic nitrogens is 5. The summed E-state index contributed by atoms with van der Waals surface area (Å²) < 4.78 is 26.7. The van der Waals surface area contributed by atoms with Crippen LogP contribution in [-0.2, 0) is 11.8 Å². The zero-order valence-corrected chi connectivity index (χ0v) is 22.8. The van der Waals surface area contributed by atoms with E-state index in [1.807, 2.05) is 32.3 Å². The number of benzene rings is 2. The number of fused-ring (bicyclic) bond motifs is 3. The second kappa shape index (κ2) is 9.56. The summed E-state index contributed by atoms with van der Waals surface area (Å²) in [4.78, 5) is 4.97. The number of nitrogens with zero attached hydrogens (tertiary/aromatic N) is 5. The Hall–Kier alpha value is -3.58. The highest BCUT2D eigenvalue weighted by atomic mass is 19.1. The number of hydrogen-bond donors (Lipinski definition) is 0. The van der Waals surface area contributed by atoms with E-state index in [1.165, 1.54) is 18.4 Å². The monoisotopic (exact) mass is 523 g/mol. The summed E-state index contributed by atoms with van der Waals surface area (Å²) in [5.41, 5.74) is 7.15. The molecule has 4 heterocycles. The van der Waals surface area contributed by atoms with Crippen LogP contribution >= 0.6 is 0 Å². The van der Waals surface area contributed by atoms with Crippen molar-refractivity contribution < 1.29 is 9.13 Å². The maximum Gasteiger partial charge on any atom is 0.151 e. The number of rotatable bonds is 6. The summed E-state index contributed by atoms with van der Waals surface area (Å²) in [7, 11) is 1.90. The standard InChI is InChI=1S/C32H34FN5O/c1-19(21-9-10-21)25-11-12-26-29-27(17-24(18-34-29)30-20(2)35-36-37(30)3)38(32(26)28(25)33)31(22-7-5-4-6-8-22)23-13-15-39-16-14-23/h4-8,11-12,17-19,21,23,31H,9-10,13-16H2,1-3H3/t19?,31-/m1/s1. The fourth-order valence-corrected chi connectivity index (χ4v) is 6.76. The first-order valence-corrected chi connectivity index (χ1v) is 14.1. The number of aryl methyl sites for hydroxylation is 2. The topological polar surface area (TPSA) is 57.8 Å². The number of halogens is 1. The average molecular weight is 524 g/mol. The molecule has 1 saturated heterocycles. The van der Waals surface area contributed by atoms with Crippen molar-refractivity contribution in [1.82, 2.24) is 24.5 Å². The van der Waals surface area contributed by atoms with E-state index in [4.69, 9.17) is 9.72 Å². The van der Waals surface area contributed by atoms with Gasteiger partial charge in [0.05, 0.1) is 34.0 Å². The third kappa shape index (κ3) is 4.06. The van der Waals surface area contributed by atoms with Crippen LogP contribution in [-0.4, -0.2) is 37.8 Å². The van der Waals surface area contributed by atoms with Gasteiger partial charge >= 0.3 is 0 Å². The predicted octanol–water partition coefficient (Wildman–Crippen LogP) is 6.96. The molecule has 2 atom stereocenters. The number of pyridine rings is 1. The Morgan fingerprint density at radius 3 is 2.46 bits per heavy atom. The maximum atomic E-state index is 16.9. The minimum Gasteiger partial charge on any atom is -0.381 e. The van der Waals surface area contributed by atoms with Gasteiger partial charge in [0.15, 0.2) is 5.82 Å².